The molecule has 3 aromatic rings. The summed E-state index contributed by atoms with van der Waals surface area (Å²) >= 11 is 0. The molecule has 0 saturated carbocycles. The number of halogens is 3. The molecule has 12 heteroatoms. The van der Waals surface area contributed by atoms with E-state index in [0.29, 0.717) is 42.6 Å². The van der Waals surface area contributed by atoms with Crippen molar-refractivity contribution in [2.75, 3.05) is 45.1 Å². The molecule has 0 saturated heterocycles. The van der Waals surface area contributed by atoms with Gasteiger partial charge in [-0.25, -0.2) is 13.2 Å². The number of rotatable bonds is 14. The number of hydrogen-bond acceptors (Lipinski definition) is 6. The van der Waals surface area contributed by atoms with Crippen molar-refractivity contribution in [2.45, 2.75) is 31.3 Å². The fourth-order valence-corrected chi connectivity index (χ4v) is 4.60. The second kappa shape index (κ2) is 14.2. The monoisotopic (exact) mass is 560 g/mol. The number of hydrogen-bond donors (Lipinski definition) is 5. The van der Waals surface area contributed by atoms with Crippen LogP contribution in [0.5, 0.6) is 0 Å². The van der Waals surface area contributed by atoms with E-state index >= 15 is 0 Å². The first-order valence-electron chi connectivity index (χ1n) is 13.1. The summed E-state index contributed by atoms with van der Waals surface area (Å²) in [6.07, 6.45) is 2.10. The highest BCUT2D eigenvalue weighted by atomic mass is 19.2. The second-order valence-corrected chi connectivity index (χ2v) is 10.2. The number of nitrogens with one attached hydrogen (secondary N) is 2. The second-order valence-electron chi connectivity index (χ2n) is 10.2. The van der Waals surface area contributed by atoms with Crippen LogP contribution in [0.25, 0.3) is 10.9 Å². The number of benzene rings is 2. The highest BCUT2D eigenvalue weighted by Crippen LogP contribution is 2.18. The number of carbonyl (C=O) groups is 2. The van der Waals surface area contributed by atoms with Crippen molar-refractivity contribution >= 4 is 28.4 Å². The van der Waals surface area contributed by atoms with Gasteiger partial charge in [-0.1, -0.05) is 18.2 Å². The first-order valence-corrected chi connectivity index (χ1v) is 13.1. The molecule has 1 aromatic heterocycles. The van der Waals surface area contributed by atoms with Gasteiger partial charge in [0.2, 0.25) is 11.8 Å². The molecule has 0 aliphatic rings. The van der Waals surface area contributed by atoms with E-state index in [1.807, 2.05) is 31.3 Å². The van der Waals surface area contributed by atoms with Gasteiger partial charge >= 0.3 is 0 Å². The van der Waals surface area contributed by atoms with Crippen molar-refractivity contribution in [3.8, 4) is 0 Å². The molecule has 2 atom stereocenters. The van der Waals surface area contributed by atoms with Crippen LogP contribution in [0.15, 0.2) is 48.7 Å². The molecule has 0 bridgehead atoms. The maximum atomic E-state index is 13.9. The number of nitrogens with two attached hydrogens (primary N) is 3. The predicted octanol–water partition coefficient (Wildman–Crippen LogP) is 1.79. The van der Waals surface area contributed by atoms with Crippen molar-refractivity contribution < 1.29 is 27.2 Å². The standard InChI is InChI=1S/C28H36F3N7O2/c1-38(11-8-32,12-9-33)10-4-6-23(34)27(39)37-25(15-18-13-21(29)26(31)22(30)14-18)28(40)36-20-16-19-5-2-3-7-24(19)35-17-20/h2-3,5,7,13-14,16-17,23,25H,4,6,8-12,15,32-34H2,1H3,(H-,36,37,39,40)/p+1/t23-,25-/m0/s1. The fourth-order valence-electron chi connectivity index (χ4n) is 4.60. The van der Waals surface area contributed by atoms with Crippen molar-refractivity contribution in [1.82, 2.24) is 10.3 Å². The summed E-state index contributed by atoms with van der Waals surface area (Å²) in [4.78, 5) is 30.5. The first-order chi connectivity index (χ1) is 19.0. The highest BCUT2D eigenvalue weighted by molar-refractivity contribution is 5.99. The number of aromatic nitrogens is 1. The highest BCUT2D eigenvalue weighted by Gasteiger charge is 2.27. The zero-order valence-corrected chi connectivity index (χ0v) is 22.5. The molecule has 216 valence electrons. The quantitative estimate of drug-likeness (QED) is 0.150. The van der Waals surface area contributed by atoms with Gasteiger partial charge < -0.3 is 32.3 Å². The van der Waals surface area contributed by atoms with Crippen LogP contribution >= 0.6 is 0 Å². The van der Waals surface area contributed by atoms with Crippen molar-refractivity contribution in [1.29, 1.82) is 0 Å². The van der Waals surface area contributed by atoms with E-state index in [1.165, 1.54) is 6.20 Å². The molecule has 2 amide bonds. The molecule has 0 radical (unpaired) electrons. The summed E-state index contributed by atoms with van der Waals surface area (Å²) in [5.74, 6) is -5.67. The van der Waals surface area contributed by atoms with E-state index in [2.05, 4.69) is 15.6 Å². The summed E-state index contributed by atoms with van der Waals surface area (Å²) in [5.41, 5.74) is 18.7. The Morgan fingerprint density at radius 3 is 2.27 bits per heavy atom. The van der Waals surface area contributed by atoms with E-state index in [4.69, 9.17) is 17.2 Å². The molecule has 0 fully saturated rings. The van der Waals surface area contributed by atoms with E-state index in [9.17, 15) is 22.8 Å². The molecular weight excluding hydrogens is 523 g/mol. The Kier molecular flexibility index (Phi) is 11.0. The summed E-state index contributed by atoms with van der Waals surface area (Å²) < 4.78 is 41.9. The molecule has 2 aromatic carbocycles. The smallest absolute Gasteiger partial charge is 0.247 e. The zero-order valence-electron chi connectivity index (χ0n) is 22.5. The summed E-state index contributed by atoms with van der Waals surface area (Å²) in [7, 11) is 2.04. The van der Waals surface area contributed by atoms with Crippen molar-refractivity contribution in [3.63, 3.8) is 0 Å². The van der Waals surface area contributed by atoms with Gasteiger partial charge in [-0.15, -0.1) is 0 Å². The maximum Gasteiger partial charge on any atom is 0.247 e. The number of quaternary nitrogens is 1. The third-order valence-corrected chi connectivity index (χ3v) is 6.86. The minimum Gasteiger partial charge on any atom is -0.343 e. The minimum atomic E-state index is -1.62. The number of anilines is 1. The van der Waals surface area contributed by atoms with Crippen LogP contribution in [-0.2, 0) is 16.0 Å². The number of likely N-dealkylation sites (N-methyl/N-ethyl adjacent to an activating group) is 1. The molecule has 3 rings (SSSR count). The lowest BCUT2D eigenvalue weighted by molar-refractivity contribution is -0.907. The van der Waals surface area contributed by atoms with Crippen molar-refractivity contribution in [2.24, 2.45) is 17.2 Å². The summed E-state index contributed by atoms with van der Waals surface area (Å²) in [6, 6.07) is 8.38. The average Bonchev–Trinajstić information content (AvgIpc) is 2.91. The fraction of sp³-hybridized carbons (Fsp3) is 0.393. The normalized spacial score (nSPS) is 13.2. The maximum absolute atomic E-state index is 13.9. The molecule has 0 aliphatic carbocycles. The number of carbonyl (C=O) groups excluding carboxylic acids is 2. The molecule has 0 spiro atoms. The minimum absolute atomic E-state index is 0.0151. The van der Waals surface area contributed by atoms with Gasteiger partial charge in [-0.3, -0.25) is 14.6 Å². The summed E-state index contributed by atoms with van der Waals surface area (Å²) in [6.45, 7) is 3.17. The Morgan fingerprint density at radius 1 is 0.975 bits per heavy atom. The number of pyridine rings is 1. The third kappa shape index (κ3) is 8.46. The number of para-hydroxylation sites is 1. The van der Waals surface area contributed by atoms with Crippen LogP contribution in [-0.4, -0.2) is 73.1 Å². The van der Waals surface area contributed by atoms with Crippen LogP contribution in [0.3, 0.4) is 0 Å². The Morgan fingerprint density at radius 2 is 1.62 bits per heavy atom. The molecule has 9 nitrogen and oxygen atoms in total. The Hall–Kier alpha value is -3.58. The predicted molar refractivity (Wildman–Crippen MR) is 148 cm³/mol. The van der Waals surface area contributed by atoms with E-state index in [-0.39, 0.29) is 12.0 Å². The Balaban J connectivity index is 1.73. The van der Waals surface area contributed by atoms with Crippen LogP contribution < -0.4 is 27.8 Å². The molecule has 0 unspecified atom stereocenters. The van der Waals surface area contributed by atoms with Gasteiger partial charge in [0.15, 0.2) is 17.5 Å². The van der Waals surface area contributed by atoms with Crippen LogP contribution in [0.2, 0.25) is 0 Å². The molecular formula is C28H37F3N7O2+. The lowest BCUT2D eigenvalue weighted by Crippen LogP contribution is -2.52. The lowest BCUT2D eigenvalue weighted by Gasteiger charge is -2.34. The van der Waals surface area contributed by atoms with Gasteiger partial charge in [0.1, 0.15) is 6.04 Å². The Labute approximate surface area is 231 Å². The van der Waals surface area contributed by atoms with Crippen LogP contribution in [0.1, 0.15) is 18.4 Å². The van der Waals surface area contributed by atoms with E-state index in [0.717, 1.165) is 36.1 Å². The molecule has 40 heavy (non-hydrogen) atoms. The molecule has 8 N–H and O–H groups in total. The Bertz CT molecular complexity index is 1300. The number of nitrogens with zero attached hydrogens (tertiary/aromatic N) is 2. The molecule has 0 aliphatic heterocycles. The van der Waals surface area contributed by atoms with Gasteiger partial charge in [0, 0.05) is 24.9 Å². The van der Waals surface area contributed by atoms with Gasteiger partial charge in [-0.2, -0.15) is 0 Å². The van der Waals surface area contributed by atoms with Gasteiger partial charge in [0.05, 0.1) is 50.1 Å². The summed E-state index contributed by atoms with van der Waals surface area (Å²) in [5, 5.41) is 6.06. The zero-order chi connectivity index (χ0) is 29.3. The molecule has 1 heterocycles. The number of amides is 2. The average molecular weight is 561 g/mol. The largest absolute Gasteiger partial charge is 0.343 e. The van der Waals surface area contributed by atoms with Gasteiger partial charge in [0.25, 0.3) is 0 Å². The number of fused-ring (bicyclic) bond motifs is 1. The SMILES string of the molecule is C[N+](CCN)(CCN)CCC[C@H](N)C(=O)N[C@@H](Cc1cc(F)c(F)c(F)c1)C(=O)Nc1cnc2ccccc2c1. The lowest BCUT2D eigenvalue weighted by atomic mass is 10.0. The van der Waals surface area contributed by atoms with Crippen LogP contribution in [0.4, 0.5) is 18.9 Å². The van der Waals surface area contributed by atoms with Crippen LogP contribution in [0, 0.1) is 17.5 Å². The van der Waals surface area contributed by atoms with Gasteiger partial charge in [-0.05, 0) is 42.7 Å². The topological polar surface area (TPSA) is 149 Å². The van der Waals surface area contributed by atoms with E-state index < -0.39 is 41.3 Å². The van der Waals surface area contributed by atoms with Crippen molar-refractivity contribution in [3.05, 3.63) is 71.7 Å². The van der Waals surface area contributed by atoms with E-state index in [1.54, 1.807) is 6.07 Å². The first kappa shape index (κ1) is 31.0. The third-order valence-electron chi connectivity index (χ3n) is 6.86.